The Morgan fingerprint density at radius 1 is 1.24 bits per heavy atom. The van der Waals surface area contributed by atoms with E-state index in [0.717, 1.165) is 17.6 Å². The zero-order valence-corrected chi connectivity index (χ0v) is 12.9. The molecule has 1 saturated heterocycles. The van der Waals surface area contributed by atoms with Gasteiger partial charge in [0.25, 0.3) is 5.91 Å². The first-order chi connectivity index (χ1) is 10.1. The molecular formula is C17H23N3O. The van der Waals surface area contributed by atoms with Crippen LogP contribution in [0.15, 0.2) is 18.2 Å². The van der Waals surface area contributed by atoms with E-state index in [9.17, 15) is 4.79 Å². The van der Waals surface area contributed by atoms with Crippen molar-refractivity contribution in [3.05, 3.63) is 35.0 Å². The number of likely N-dealkylation sites (tertiary alicyclic amines) is 1. The summed E-state index contributed by atoms with van der Waals surface area (Å²) < 4.78 is 1.92. The molecule has 1 aliphatic rings. The molecule has 1 fully saturated rings. The molecule has 1 aromatic heterocycles. The van der Waals surface area contributed by atoms with Crippen LogP contribution in [-0.4, -0.2) is 28.5 Å². The molecule has 2 aromatic rings. The van der Waals surface area contributed by atoms with Crippen molar-refractivity contribution in [3.8, 4) is 0 Å². The number of carbonyl (C=O) groups excluding carboxylic acids is 1. The Bertz CT molecular complexity index is 681. The van der Waals surface area contributed by atoms with Crippen molar-refractivity contribution in [3.63, 3.8) is 0 Å². The third-order valence-corrected chi connectivity index (χ3v) is 4.63. The number of aromatic nitrogens is 1. The Balaban J connectivity index is 2.06. The minimum atomic E-state index is -0.352. The fourth-order valence-electron chi connectivity index (χ4n) is 3.63. The summed E-state index contributed by atoms with van der Waals surface area (Å²) in [5.41, 5.74) is 9.57. The lowest BCUT2D eigenvalue weighted by Crippen LogP contribution is -2.29. The first kappa shape index (κ1) is 14.1. The first-order valence-electron chi connectivity index (χ1n) is 7.68. The van der Waals surface area contributed by atoms with Crippen LogP contribution >= 0.6 is 0 Å². The van der Waals surface area contributed by atoms with Crippen LogP contribution in [0.3, 0.4) is 0 Å². The average Bonchev–Trinajstić information content (AvgIpc) is 2.73. The first-order valence-corrected chi connectivity index (χ1v) is 7.68. The van der Waals surface area contributed by atoms with Gasteiger partial charge in [-0.1, -0.05) is 18.6 Å². The molecule has 112 valence electrons. The minimum Gasteiger partial charge on any atom is -0.364 e. The van der Waals surface area contributed by atoms with E-state index in [4.69, 9.17) is 5.73 Å². The number of carbonyl (C=O) groups is 1. The Morgan fingerprint density at radius 3 is 2.62 bits per heavy atom. The van der Waals surface area contributed by atoms with Gasteiger partial charge in [-0.2, -0.15) is 0 Å². The third-order valence-electron chi connectivity index (χ3n) is 4.63. The van der Waals surface area contributed by atoms with Crippen LogP contribution in [0.2, 0.25) is 0 Å². The number of piperidine rings is 1. The SMILES string of the molecule is Cc1c(C(N)=O)n(C)c2cccc(CN3CCCCC3)c12. The van der Waals surface area contributed by atoms with E-state index in [-0.39, 0.29) is 5.91 Å². The van der Waals surface area contributed by atoms with Crippen LogP contribution < -0.4 is 5.73 Å². The smallest absolute Gasteiger partial charge is 0.265 e. The molecule has 1 amide bonds. The maximum Gasteiger partial charge on any atom is 0.265 e. The van der Waals surface area contributed by atoms with E-state index >= 15 is 0 Å². The number of nitrogens with zero attached hydrogens (tertiary/aromatic N) is 2. The van der Waals surface area contributed by atoms with Crippen LogP contribution in [0.5, 0.6) is 0 Å². The van der Waals surface area contributed by atoms with E-state index in [0.29, 0.717) is 5.69 Å². The second-order valence-corrected chi connectivity index (χ2v) is 6.04. The molecule has 0 radical (unpaired) electrons. The molecule has 4 heteroatoms. The number of primary amides is 1. The van der Waals surface area contributed by atoms with Crippen molar-refractivity contribution < 1.29 is 4.79 Å². The van der Waals surface area contributed by atoms with Gasteiger partial charge >= 0.3 is 0 Å². The molecule has 2 heterocycles. The molecular weight excluding hydrogens is 262 g/mol. The van der Waals surface area contributed by atoms with Gasteiger partial charge in [0.05, 0.1) is 0 Å². The monoisotopic (exact) mass is 285 g/mol. The Hall–Kier alpha value is -1.81. The van der Waals surface area contributed by atoms with Crippen molar-refractivity contribution in [2.24, 2.45) is 12.8 Å². The van der Waals surface area contributed by atoms with Gasteiger partial charge in [-0.25, -0.2) is 0 Å². The number of aryl methyl sites for hydroxylation is 2. The van der Waals surface area contributed by atoms with Crippen molar-refractivity contribution in [2.45, 2.75) is 32.7 Å². The summed E-state index contributed by atoms with van der Waals surface area (Å²) in [5, 5.41) is 1.19. The maximum atomic E-state index is 11.7. The minimum absolute atomic E-state index is 0.352. The van der Waals surface area contributed by atoms with Crippen LogP contribution in [0.1, 0.15) is 40.9 Å². The predicted molar refractivity (Wildman–Crippen MR) is 85.3 cm³/mol. The number of benzene rings is 1. The summed E-state index contributed by atoms with van der Waals surface area (Å²) in [6.07, 6.45) is 3.92. The largest absolute Gasteiger partial charge is 0.364 e. The highest BCUT2D eigenvalue weighted by atomic mass is 16.1. The molecule has 0 unspecified atom stereocenters. The molecule has 21 heavy (non-hydrogen) atoms. The predicted octanol–water partition coefficient (Wildman–Crippen LogP) is 2.57. The summed E-state index contributed by atoms with van der Waals surface area (Å²) in [4.78, 5) is 14.2. The Morgan fingerprint density at radius 2 is 1.95 bits per heavy atom. The van der Waals surface area contributed by atoms with Gasteiger partial charge in [-0.15, -0.1) is 0 Å². The fourth-order valence-corrected chi connectivity index (χ4v) is 3.63. The van der Waals surface area contributed by atoms with E-state index in [1.807, 2.05) is 18.5 Å². The van der Waals surface area contributed by atoms with Gasteiger partial charge < -0.3 is 10.3 Å². The summed E-state index contributed by atoms with van der Waals surface area (Å²) >= 11 is 0. The Kier molecular flexibility index (Phi) is 3.72. The molecule has 3 rings (SSSR count). The summed E-state index contributed by atoms with van der Waals surface area (Å²) in [6.45, 7) is 5.30. The van der Waals surface area contributed by atoms with E-state index in [2.05, 4.69) is 23.1 Å². The molecule has 4 nitrogen and oxygen atoms in total. The van der Waals surface area contributed by atoms with Gasteiger partial charge in [0.2, 0.25) is 0 Å². The fraction of sp³-hybridized carbons (Fsp3) is 0.471. The van der Waals surface area contributed by atoms with Crippen molar-refractivity contribution in [2.75, 3.05) is 13.1 Å². The zero-order chi connectivity index (χ0) is 15.0. The topological polar surface area (TPSA) is 51.3 Å². The number of hydrogen-bond acceptors (Lipinski definition) is 2. The van der Waals surface area contributed by atoms with Crippen LogP contribution in [0.4, 0.5) is 0 Å². The highest BCUT2D eigenvalue weighted by molar-refractivity contribution is 6.01. The maximum absolute atomic E-state index is 11.7. The number of hydrogen-bond donors (Lipinski definition) is 1. The normalized spacial score (nSPS) is 16.5. The van der Waals surface area contributed by atoms with E-state index < -0.39 is 0 Å². The highest BCUT2D eigenvalue weighted by Crippen LogP contribution is 2.29. The number of fused-ring (bicyclic) bond motifs is 1. The second kappa shape index (κ2) is 5.53. The molecule has 0 atom stereocenters. The van der Waals surface area contributed by atoms with Crippen molar-refractivity contribution >= 4 is 16.8 Å². The van der Waals surface area contributed by atoms with E-state index in [1.165, 1.54) is 43.3 Å². The molecule has 0 saturated carbocycles. The summed E-state index contributed by atoms with van der Waals surface area (Å²) in [6, 6.07) is 6.31. The van der Waals surface area contributed by atoms with Gasteiger partial charge in [0, 0.05) is 24.5 Å². The number of nitrogens with two attached hydrogens (primary N) is 1. The van der Waals surface area contributed by atoms with Crippen molar-refractivity contribution in [1.82, 2.24) is 9.47 Å². The standard InChI is InChI=1S/C17H23N3O/c1-12-15-13(11-20-9-4-3-5-10-20)7-6-8-14(15)19(2)16(12)17(18)21/h6-8H,3-5,9-11H2,1-2H3,(H2,18,21). The van der Waals surface area contributed by atoms with Crippen LogP contribution in [0.25, 0.3) is 10.9 Å². The van der Waals surface area contributed by atoms with Crippen molar-refractivity contribution in [1.29, 1.82) is 0 Å². The lowest BCUT2D eigenvalue weighted by atomic mass is 10.0. The van der Waals surface area contributed by atoms with Crippen LogP contribution in [0, 0.1) is 6.92 Å². The molecule has 0 spiro atoms. The quantitative estimate of drug-likeness (QED) is 0.942. The average molecular weight is 285 g/mol. The molecule has 1 aliphatic heterocycles. The lowest BCUT2D eigenvalue weighted by Gasteiger charge is -2.26. The lowest BCUT2D eigenvalue weighted by molar-refractivity contribution is 0.0992. The highest BCUT2D eigenvalue weighted by Gasteiger charge is 2.19. The van der Waals surface area contributed by atoms with Gasteiger partial charge in [-0.3, -0.25) is 9.69 Å². The van der Waals surface area contributed by atoms with Crippen LogP contribution in [-0.2, 0) is 13.6 Å². The summed E-state index contributed by atoms with van der Waals surface area (Å²) in [7, 11) is 1.92. The third kappa shape index (κ3) is 2.44. The number of rotatable bonds is 3. The summed E-state index contributed by atoms with van der Waals surface area (Å²) in [5.74, 6) is -0.352. The number of amides is 1. The van der Waals surface area contributed by atoms with E-state index in [1.54, 1.807) is 0 Å². The van der Waals surface area contributed by atoms with Gasteiger partial charge in [0.15, 0.2) is 0 Å². The molecule has 2 N–H and O–H groups in total. The zero-order valence-electron chi connectivity index (χ0n) is 12.9. The second-order valence-electron chi connectivity index (χ2n) is 6.04. The van der Waals surface area contributed by atoms with Gasteiger partial charge in [0.1, 0.15) is 5.69 Å². The molecule has 0 bridgehead atoms. The molecule has 1 aromatic carbocycles. The van der Waals surface area contributed by atoms with Gasteiger partial charge in [-0.05, 0) is 50.0 Å². The molecule has 0 aliphatic carbocycles. The Labute approximate surface area is 125 Å².